The monoisotopic (exact) mass is 514 g/mol. The Bertz CT molecular complexity index is 1120. The molecule has 1 aromatic carbocycles. The van der Waals surface area contributed by atoms with Gasteiger partial charge in [-0.25, -0.2) is 4.79 Å². The van der Waals surface area contributed by atoms with Crippen LogP contribution in [-0.2, 0) is 33.7 Å². The van der Waals surface area contributed by atoms with Crippen molar-refractivity contribution in [3.8, 4) is 11.4 Å². The van der Waals surface area contributed by atoms with Crippen molar-refractivity contribution in [3.05, 3.63) is 69.5 Å². The molecular formula is C26H31BrN2O4. The van der Waals surface area contributed by atoms with Crippen molar-refractivity contribution in [2.75, 3.05) is 12.4 Å². The fraction of sp³-hybridized carbons (Fsp3) is 0.385. The van der Waals surface area contributed by atoms with Gasteiger partial charge in [0.15, 0.2) is 0 Å². The molecule has 2 heterocycles. The maximum atomic E-state index is 13.0. The quantitative estimate of drug-likeness (QED) is 0.267. The van der Waals surface area contributed by atoms with E-state index in [-0.39, 0.29) is 19.0 Å². The first-order valence-corrected chi connectivity index (χ1v) is 12.2. The molecular weight excluding hydrogens is 484 g/mol. The van der Waals surface area contributed by atoms with Gasteiger partial charge in [0.25, 0.3) is 0 Å². The lowest BCUT2D eigenvalue weighted by atomic mass is 9.99. The zero-order chi connectivity index (χ0) is 24.0. The van der Waals surface area contributed by atoms with Gasteiger partial charge in [-0.05, 0) is 67.9 Å². The number of nitrogens with one attached hydrogen (secondary N) is 2. The Balaban J connectivity index is 1.96. The van der Waals surface area contributed by atoms with Gasteiger partial charge < -0.3 is 19.4 Å². The molecule has 0 aliphatic heterocycles. The molecule has 6 nitrogen and oxygen atoms in total. The lowest BCUT2D eigenvalue weighted by molar-refractivity contribution is -0.140. The normalized spacial score (nSPS) is 10.9. The molecule has 0 unspecified atom stereocenters. The van der Waals surface area contributed by atoms with E-state index in [1.54, 1.807) is 0 Å². The van der Waals surface area contributed by atoms with Gasteiger partial charge in [0.2, 0.25) is 0 Å². The van der Waals surface area contributed by atoms with Gasteiger partial charge in [0.05, 0.1) is 18.5 Å². The average molecular weight is 515 g/mol. The number of esters is 2. The molecule has 0 radical (unpaired) electrons. The van der Waals surface area contributed by atoms with E-state index in [0.29, 0.717) is 12.1 Å². The first-order valence-electron chi connectivity index (χ1n) is 11.1. The second-order valence-corrected chi connectivity index (χ2v) is 8.93. The molecule has 0 aliphatic carbocycles. The number of hydrogen-bond acceptors (Lipinski definition) is 4. The number of carbonyl (C=O) groups is 2. The highest BCUT2D eigenvalue weighted by atomic mass is 79.9. The van der Waals surface area contributed by atoms with Gasteiger partial charge in [0.1, 0.15) is 12.3 Å². The van der Waals surface area contributed by atoms with E-state index in [1.807, 2.05) is 37.3 Å². The zero-order valence-corrected chi connectivity index (χ0v) is 21.2. The van der Waals surface area contributed by atoms with Gasteiger partial charge >= 0.3 is 11.9 Å². The minimum Gasteiger partial charge on any atom is -0.469 e. The number of aryl methyl sites for hydroxylation is 1. The third-order valence-electron chi connectivity index (χ3n) is 6.01. The molecule has 0 aliphatic rings. The lowest BCUT2D eigenvalue weighted by Gasteiger charge is -2.06. The van der Waals surface area contributed by atoms with Gasteiger partial charge in [-0.1, -0.05) is 46.3 Å². The van der Waals surface area contributed by atoms with Gasteiger partial charge in [-0.2, -0.15) is 0 Å². The predicted molar refractivity (Wildman–Crippen MR) is 133 cm³/mol. The van der Waals surface area contributed by atoms with Crippen LogP contribution in [0.5, 0.6) is 0 Å². The Kier molecular flexibility index (Phi) is 8.55. The Morgan fingerprint density at radius 3 is 2.33 bits per heavy atom. The summed E-state index contributed by atoms with van der Waals surface area (Å²) in [6, 6.07) is 9.58. The van der Waals surface area contributed by atoms with E-state index in [2.05, 4.69) is 39.7 Å². The van der Waals surface area contributed by atoms with E-state index < -0.39 is 5.97 Å². The molecule has 2 N–H and O–H groups in total. The van der Waals surface area contributed by atoms with E-state index in [9.17, 15) is 9.59 Å². The van der Waals surface area contributed by atoms with Crippen molar-refractivity contribution in [3.63, 3.8) is 0 Å². The summed E-state index contributed by atoms with van der Waals surface area (Å²) < 4.78 is 10.4. The van der Waals surface area contributed by atoms with Crippen LogP contribution < -0.4 is 0 Å². The molecule has 0 saturated carbocycles. The van der Waals surface area contributed by atoms with Crippen molar-refractivity contribution in [2.45, 2.75) is 53.1 Å². The maximum Gasteiger partial charge on any atom is 0.355 e. The first-order chi connectivity index (χ1) is 15.9. The molecule has 0 saturated heterocycles. The smallest absolute Gasteiger partial charge is 0.355 e. The van der Waals surface area contributed by atoms with E-state index >= 15 is 0 Å². The highest BCUT2D eigenvalue weighted by molar-refractivity contribution is 9.09. The molecule has 176 valence electrons. The molecule has 0 fully saturated rings. The summed E-state index contributed by atoms with van der Waals surface area (Å²) in [7, 11) is 1.38. The van der Waals surface area contributed by atoms with Crippen LogP contribution in [0.15, 0.2) is 30.3 Å². The number of methoxy groups -OCH3 is 1. The number of H-pyrrole nitrogens is 2. The summed E-state index contributed by atoms with van der Waals surface area (Å²) in [4.78, 5) is 31.6. The summed E-state index contributed by atoms with van der Waals surface area (Å²) in [6.45, 7) is 6.25. The average Bonchev–Trinajstić information content (AvgIpc) is 3.30. The number of hydrogen-bond donors (Lipinski definition) is 2. The van der Waals surface area contributed by atoms with Gasteiger partial charge in [-0.3, -0.25) is 4.79 Å². The maximum absolute atomic E-state index is 13.0. The first kappa shape index (κ1) is 24.8. The van der Waals surface area contributed by atoms with Crippen molar-refractivity contribution in [1.29, 1.82) is 0 Å². The molecule has 7 heteroatoms. The number of benzene rings is 1. The fourth-order valence-electron chi connectivity index (χ4n) is 4.14. The fourth-order valence-corrected chi connectivity index (χ4v) is 4.42. The van der Waals surface area contributed by atoms with Crippen molar-refractivity contribution in [2.24, 2.45) is 0 Å². The number of halogens is 1. The van der Waals surface area contributed by atoms with Crippen molar-refractivity contribution in [1.82, 2.24) is 9.97 Å². The highest BCUT2D eigenvalue weighted by Gasteiger charge is 2.25. The van der Waals surface area contributed by atoms with Crippen LogP contribution >= 0.6 is 15.9 Å². The van der Waals surface area contributed by atoms with Crippen molar-refractivity contribution < 1.29 is 19.1 Å². The number of alkyl halides is 1. The van der Waals surface area contributed by atoms with Gasteiger partial charge in [0, 0.05) is 17.4 Å². The number of aromatic nitrogens is 2. The molecule has 0 amide bonds. The summed E-state index contributed by atoms with van der Waals surface area (Å²) >= 11 is 3.51. The topological polar surface area (TPSA) is 84.2 Å². The summed E-state index contributed by atoms with van der Waals surface area (Å²) in [5.74, 6) is -0.700. The summed E-state index contributed by atoms with van der Waals surface area (Å²) in [6.07, 6.45) is 2.69. The van der Waals surface area contributed by atoms with E-state index in [4.69, 9.17) is 9.47 Å². The van der Waals surface area contributed by atoms with Crippen LogP contribution in [-0.4, -0.2) is 34.3 Å². The SMILES string of the molecule is COC(=O)CCc1c(-c2[nH]c(C)c(CCCBr)c2C)[nH]c(C(=O)OCc2ccccc2)c1C. The van der Waals surface area contributed by atoms with Crippen LogP contribution in [0.2, 0.25) is 0 Å². The number of carbonyl (C=O) groups excluding carboxylic acids is 2. The third-order valence-corrected chi connectivity index (χ3v) is 6.57. The molecule has 33 heavy (non-hydrogen) atoms. The largest absolute Gasteiger partial charge is 0.469 e. The molecule has 0 spiro atoms. The van der Waals surface area contributed by atoms with Crippen LogP contribution in [0.25, 0.3) is 11.4 Å². The molecule has 2 aromatic heterocycles. The second-order valence-electron chi connectivity index (χ2n) is 8.14. The van der Waals surface area contributed by atoms with Crippen LogP contribution in [0.1, 0.15) is 56.8 Å². The standard InChI is InChI=1S/C26H31BrN2O4/c1-16-20(11-8-14-27)18(3)28-23(16)25-21(12-13-22(30)32-4)17(2)24(29-25)26(31)33-15-19-9-6-5-7-10-19/h5-7,9-10,28-29H,8,11-15H2,1-4H3. The van der Waals surface area contributed by atoms with E-state index in [0.717, 1.165) is 57.5 Å². The number of ether oxygens (including phenoxy) is 2. The summed E-state index contributed by atoms with van der Waals surface area (Å²) in [5, 5.41) is 0.940. The second kappa shape index (κ2) is 11.4. The zero-order valence-electron chi connectivity index (χ0n) is 19.6. The van der Waals surface area contributed by atoms with Crippen LogP contribution in [0, 0.1) is 20.8 Å². The van der Waals surface area contributed by atoms with Crippen LogP contribution in [0.3, 0.4) is 0 Å². The Morgan fingerprint density at radius 2 is 1.67 bits per heavy atom. The number of aromatic amines is 2. The molecule has 3 aromatic rings. The lowest BCUT2D eigenvalue weighted by Crippen LogP contribution is -2.07. The Morgan fingerprint density at radius 1 is 0.939 bits per heavy atom. The van der Waals surface area contributed by atoms with Crippen molar-refractivity contribution >= 4 is 27.9 Å². The van der Waals surface area contributed by atoms with E-state index in [1.165, 1.54) is 12.7 Å². The molecule has 0 bridgehead atoms. The van der Waals surface area contributed by atoms with Crippen LogP contribution in [0.4, 0.5) is 0 Å². The van der Waals surface area contributed by atoms with Gasteiger partial charge in [-0.15, -0.1) is 0 Å². The minimum absolute atomic E-state index is 0.197. The predicted octanol–water partition coefficient (Wildman–Crippen LogP) is 5.73. The highest BCUT2D eigenvalue weighted by Crippen LogP contribution is 2.34. The Hall–Kier alpha value is -2.80. The summed E-state index contributed by atoms with van der Waals surface area (Å²) in [5.41, 5.74) is 8.37. The Labute approximate surface area is 203 Å². The minimum atomic E-state index is -0.414. The molecule has 3 rings (SSSR count). The molecule has 0 atom stereocenters. The third kappa shape index (κ3) is 5.77. The number of rotatable bonds is 10.